The fraction of sp³-hybridized carbons (Fsp3) is 0.556. The molecule has 0 radical (unpaired) electrons. The van der Waals surface area contributed by atoms with E-state index in [-0.39, 0.29) is 24.3 Å². The molecule has 1 unspecified atom stereocenters. The fourth-order valence-corrected chi connectivity index (χ4v) is 6.46. The molecule has 1 aromatic heterocycles. The molecular weight excluding hydrogens is 454 g/mol. The predicted molar refractivity (Wildman–Crippen MR) is 138 cm³/mol. The number of anilines is 2. The first-order valence-electron chi connectivity index (χ1n) is 13.3. The number of allylic oxidation sites excluding steroid dienone is 2. The van der Waals surface area contributed by atoms with Crippen LogP contribution in [0.25, 0.3) is 0 Å². The van der Waals surface area contributed by atoms with Crippen molar-refractivity contribution in [2.75, 3.05) is 29.9 Å². The maximum Gasteiger partial charge on any atom is 0.253 e. The molecule has 9 nitrogen and oxygen atoms in total. The van der Waals surface area contributed by atoms with Crippen molar-refractivity contribution in [3.63, 3.8) is 0 Å². The highest BCUT2D eigenvalue weighted by Crippen LogP contribution is 2.46. The van der Waals surface area contributed by atoms with Crippen LogP contribution in [-0.2, 0) is 16.0 Å². The lowest BCUT2D eigenvalue weighted by Gasteiger charge is -2.38. The summed E-state index contributed by atoms with van der Waals surface area (Å²) in [5.74, 6) is 1.89. The van der Waals surface area contributed by atoms with Crippen LogP contribution in [0.4, 0.5) is 11.8 Å². The summed E-state index contributed by atoms with van der Waals surface area (Å²) in [5, 5.41) is 9.41. The Bertz CT molecular complexity index is 1180. The van der Waals surface area contributed by atoms with Gasteiger partial charge in [0.15, 0.2) is 0 Å². The van der Waals surface area contributed by atoms with Gasteiger partial charge in [-0.05, 0) is 56.9 Å². The number of hydrogen-bond acceptors (Lipinski definition) is 8. The second kappa shape index (κ2) is 9.03. The lowest BCUT2D eigenvalue weighted by atomic mass is 9.91. The molecule has 6 rings (SSSR count). The number of imide groups is 1. The zero-order chi connectivity index (χ0) is 24.9. The minimum absolute atomic E-state index is 0.187. The van der Waals surface area contributed by atoms with Crippen LogP contribution in [0.1, 0.15) is 57.9 Å². The van der Waals surface area contributed by atoms with Gasteiger partial charge in [-0.15, -0.1) is 0 Å². The average molecular weight is 490 g/mol. The Morgan fingerprint density at radius 1 is 1.14 bits per heavy atom. The summed E-state index contributed by atoms with van der Waals surface area (Å²) in [7, 11) is 0. The maximum atomic E-state index is 13.1. The molecule has 2 amide bonds. The highest BCUT2D eigenvalue weighted by Gasteiger charge is 2.58. The Labute approximate surface area is 212 Å². The number of nitrogens with zero attached hydrogens (tertiary/aromatic N) is 4. The van der Waals surface area contributed by atoms with Crippen LogP contribution in [0.2, 0.25) is 0 Å². The Hall–Kier alpha value is -3.20. The molecule has 0 bridgehead atoms. The van der Waals surface area contributed by atoms with Gasteiger partial charge >= 0.3 is 0 Å². The average Bonchev–Trinajstić information content (AvgIpc) is 3.57. The van der Waals surface area contributed by atoms with Crippen LogP contribution in [0.3, 0.4) is 0 Å². The summed E-state index contributed by atoms with van der Waals surface area (Å²) in [6.07, 6.45) is 14.5. The molecule has 5 aliphatic rings. The number of hydrogen-bond donors (Lipinski definition) is 3. The van der Waals surface area contributed by atoms with Gasteiger partial charge < -0.3 is 20.4 Å². The van der Waals surface area contributed by atoms with Crippen molar-refractivity contribution in [2.24, 2.45) is 0 Å². The van der Waals surface area contributed by atoms with Crippen molar-refractivity contribution < 1.29 is 9.59 Å². The largest absolute Gasteiger partial charge is 0.351 e. The Morgan fingerprint density at radius 2 is 1.97 bits per heavy atom. The van der Waals surface area contributed by atoms with E-state index in [2.05, 4.69) is 62.8 Å². The van der Waals surface area contributed by atoms with E-state index >= 15 is 0 Å². The van der Waals surface area contributed by atoms with Crippen molar-refractivity contribution in [3.05, 3.63) is 47.0 Å². The molecule has 5 heterocycles. The molecule has 4 aliphatic heterocycles. The van der Waals surface area contributed by atoms with E-state index in [0.29, 0.717) is 18.4 Å². The molecule has 36 heavy (non-hydrogen) atoms. The summed E-state index contributed by atoms with van der Waals surface area (Å²) in [6.45, 7) is 7.17. The molecule has 9 heteroatoms. The minimum Gasteiger partial charge on any atom is -0.351 e. The van der Waals surface area contributed by atoms with E-state index in [9.17, 15) is 9.59 Å². The zero-order valence-corrected chi connectivity index (χ0v) is 21.1. The van der Waals surface area contributed by atoms with Crippen LogP contribution in [0, 0.1) is 0 Å². The molecule has 1 saturated carbocycles. The summed E-state index contributed by atoms with van der Waals surface area (Å²) in [5.41, 5.74) is 2.86. The van der Waals surface area contributed by atoms with Crippen molar-refractivity contribution in [1.29, 1.82) is 0 Å². The van der Waals surface area contributed by atoms with Crippen LogP contribution in [0.15, 0.2) is 41.4 Å². The van der Waals surface area contributed by atoms with Crippen molar-refractivity contribution in [2.45, 2.75) is 76.4 Å². The van der Waals surface area contributed by atoms with Crippen molar-refractivity contribution in [3.8, 4) is 0 Å². The highest BCUT2D eigenvalue weighted by molar-refractivity contribution is 6.11. The van der Waals surface area contributed by atoms with Crippen molar-refractivity contribution in [1.82, 2.24) is 25.5 Å². The minimum atomic E-state index is -0.865. The first kappa shape index (κ1) is 23.2. The van der Waals surface area contributed by atoms with Gasteiger partial charge in [-0.3, -0.25) is 14.9 Å². The summed E-state index contributed by atoms with van der Waals surface area (Å²) < 4.78 is 0. The van der Waals surface area contributed by atoms with Crippen molar-refractivity contribution >= 4 is 23.6 Å². The van der Waals surface area contributed by atoms with Crippen LogP contribution >= 0.6 is 0 Å². The van der Waals surface area contributed by atoms with E-state index in [1.807, 2.05) is 6.20 Å². The molecule has 3 N–H and O–H groups in total. The summed E-state index contributed by atoms with van der Waals surface area (Å²) >= 11 is 0. The van der Waals surface area contributed by atoms with Gasteiger partial charge in [0.1, 0.15) is 17.2 Å². The third kappa shape index (κ3) is 3.89. The number of rotatable bonds is 5. The van der Waals surface area contributed by atoms with Gasteiger partial charge in [-0.25, -0.2) is 4.98 Å². The molecule has 190 valence electrons. The van der Waals surface area contributed by atoms with Gasteiger partial charge in [0.2, 0.25) is 11.9 Å². The lowest BCUT2D eigenvalue weighted by Crippen LogP contribution is -2.56. The van der Waals surface area contributed by atoms with Crippen LogP contribution < -0.4 is 20.9 Å². The van der Waals surface area contributed by atoms with Gasteiger partial charge in [0.05, 0.1) is 6.42 Å². The normalized spacial score (nSPS) is 26.4. The van der Waals surface area contributed by atoms with E-state index in [1.165, 1.54) is 11.1 Å². The summed E-state index contributed by atoms with van der Waals surface area (Å²) in [6, 6.07) is 0.520. The fourth-order valence-electron chi connectivity index (χ4n) is 6.46. The third-order valence-corrected chi connectivity index (χ3v) is 8.26. The van der Waals surface area contributed by atoms with E-state index in [0.717, 1.165) is 68.9 Å². The number of nitrogens with one attached hydrogen (secondary N) is 3. The van der Waals surface area contributed by atoms with Gasteiger partial charge in [-0.2, -0.15) is 4.98 Å². The molecule has 0 aromatic carbocycles. The first-order chi connectivity index (χ1) is 17.4. The van der Waals surface area contributed by atoms with Crippen LogP contribution in [0.5, 0.6) is 0 Å². The Balaban J connectivity index is 1.31. The molecule has 1 aromatic rings. The number of amides is 2. The third-order valence-electron chi connectivity index (χ3n) is 8.26. The molecule has 1 aliphatic carbocycles. The maximum absolute atomic E-state index is 13.1. The number of carbonyl (C=O) groups excluding carboxylic acids is 2. The zero-order valence-electron chi connectivity index (χ0n) is 21.1. The van der Waals surface area contributed by atoms with E-state index in [1.54, 1.807) is 0 Å². The Morgan fingerprint density at radius 3 is 2.67 bits per heavy atom. The van der Waals surface area contributed by atoms with Gasteiger partial charge in [0, 0.05) is 43.4 Å². The predicted octanol–water partition coefficient (Wildman–Crippen LogP) is 2.39. The number of fused-ring (bicyclic) bond motifs is 1. The van der Waals surface area contributed by atoms with Crippen LogP contribution in [-0.4, -0.2) is 63.9 Å². The SMILES string of the molecule is CC(C)N1CC(C2=CCNCC2)=CC=C1Nc1ncc2c(n1)N(C1CCCC1)C1(CC(=O)NC1=O)C2. The monoisotopic (exact) mass is 489 g/mol. The number of carbonyl (C=O) groups is 2. The molecular formula is C27H35N7O2. The number of aromatic nitrogens is 2. The molecule has 2 fully saturated rings. The standard InChI is InChI=1S/C27H35N7O2/c1-17(2)33-16-19(18-9-11-28-12-10-18)7-8-22(33)30-26-29-15-20-13-27(14-23(35)31-25(27)36)34(24(20)32-26)21-5-3-4-6-21/h7-9,15,17,21,28H,3-6,10-14,16H2,1-2H3,(H,29,30,32)(H,31,35,36). The lowest BCUT2D eigenvalue weighted by molar-refractivity contribution is -0.126. The first-order valence-corrected chi connectivity index (χ1v) is 13.3. The summed E-state index contributed by atoms with van der Waals surface area (Å²) in [4.78, 5) is 39.4. The molecule has 1 spiro atoms. The van der Waals surface area contributed by atoms with Gasteiger partial charge in [0.25, 0.3) is 5.91 Å². The second-order valence-corrected chi connectivity index (χ2v) is 10.9. The molecule has 1 atom stereocenters. The van der Waals surface area contributed by atoms with Gasteiger partial charge in [-0.1, -0.05) is 25.0 Å². The smallest absolute Gasteiger partial charge is 0.253 e. The van der Waals surface area contributed by atoms with E-state index in [4.69, 9.17) is 4.98 Å². The quantitative estimate of drug-likeness (QED) is 0.542. The Kier molecular flexibility index (Phi) is 5.82. The van der Waals surface area contributed by atoms with E-state index < -0.39 is 5.54 Å². The second-order valence-electron chi connectivity index (χ2n) is 10.9. The topological polar surface area (TPSA) is 102 Å². The highest BCUT2D eigenvalue weighted by atomic mass is 16.2. The molecule has 1 saturated heterocycles.